The molecule has 2 aromatic carbocycles. The van der Waals surface area contributed by atoms with Crippen molar-refractivity contribution in [2.75, 3.05) is 31.6 Å². The summed E-state index contributed by atoms with van der Waals surface area (Å²) in [7, 11) is 0. The number of carbonyl (C=O) groups is 3. The molecule has 1 heterocycles. The number of rotatable bonds is 4. The lowest BCUT2D eigenvalue weighted by Gasteiger charge is -2.27. The second kappa shape index (κ2) is 9.81. The van der Waals surface area contributed by atoms with Gasteiger partial charge in [0, 0.05) is 23.7 Å². The number of benzene rings is 2. The van der Waals surface area contributed by atoms with Crippen LogP contribution in [0, 0.1) is 0 Å². The van der Waals surface area contributed by atoms with Crippen molar-refractivity contribution in [3.8, 4) is 0 Å². The molecule has 29 heavy (non-hydrogen) atoms. The van der Waals surface area contributed by atoms with Gasteiger partial charge in [0.25, 0.3) is 5.91 Å². The van der Waals surface area contributed by atoms with E-state index in [0.717, 1.165) is 0 Å². The van der Waals surface area contributed by atoms with Crippen LogP contribution in [-0.2, 0) is 14.3 Å². The van der Waals surface area contributed by atoms with Gasteiger partial charge in [-0.15, -0.1) is 0 Å². The van der Waals surface area contributed by atoms with E-state index in [9.17, 15) is 14.4 Å². The van der Waals surface area contributed by atoms with Gasteiger partial charge in [0.1, 0.15) is 0 Å². The van der Waals surface area contributed by atoms with Crippen LogP contribution in [0.3, 0.4) is 0 Å². The highest BCUT2D eigenvalue weighted by atomic mass is 35.5. The Kier molecular flexibility index (Phi) is 6.94. The summed E-state index contributed by atoms with van der Waals surface area (Å²) in [4.78, 5) is 38.6. The van der Waals surface area contributed by atoms with Crippen LogP contribution in [0.4, 0.5) is 5.69 Å². The van der Waals surface area contributed by atoms with Crippen molar-refractivity contribution in [3.63, 3.8) is 0 Å². The predicted octanol–water partition coefficient (Wildman–Crippen LogP) is 1.90. The van der Waals surface area contributed by atoms with E-state index >= 15 is 0 Å². The largest absolute Gasteiger partial charge is 0.378 e. The monoisotopic (exact) mass is 414 g/mol. The topological polar surface area (TPSA) is 100 Å². The predicted molar refractivity (Wildman–Crippen MR) is 109 cm³/mol. The minimum absolute atomic E-state index is 0.235. The van der Waals surface area contributed by atoms with Gasteiger partial charge in [-0.1, -0.05) is 41.9 Å². The van der Waals surface area contributed by atoms with Crippen LogP contribution >= 0.6 is 11.6 Å². The minimum Gasteiger partial charge on any atom is -0.378 e. The lowest BCUT2D eigenvalue weighted by atomic mass is 10.1. The first-order valence-corrected chi connectivity index (χ1v) is 9.29. The second-order valence-electron chi connectivity index (χ2n) is 6.12. The molecule has 3 rings (SSSR count). The molecular formula is C20H19ClN4O4. The van der Waals surface area contributed by atoms with E-state index in [0.29, 0.717) is 42.5 Å². The number of hydrogen-bond donors (Lipinski definition) is 2. The van der Waals surface area contributed by atoms with E-state index in [1.54, 1.807) is 53.4 Å². The van der Waals surface area contributed by atoms with Crippen LogP contribution in [0.15, 0.2) is 53.6 Å². The zero-order valence-corrected chi connectivity index (χ0v) is 16.2. The average molecular weight is 415 g/mol. The fourth-order valence-electron chi connectivity index (χ4n) is 2.69. The number of hydrazone groups is 1. The van der Waals surface area contributed by atoms with Crippen molar-refractivity contribution in [1.82, 2.24) is 10.3 Å². The number of ether oxygens (including phenoxy) is 1. The number of morpholine rings is 1. The van der Waals surface area contributed by atoms with Gasteiger partial charge in [-0.2, -0.15) is 5.10 Å². The summed E-state index contributed by atoms with van der Waals surface area (Å²) in [5.74, 6) is -2.15. The molecule has 0 unspecified atom stereocenters. The number of amides is 3. The number of halogens is 1. The van der Waals surface area contributed by atoms with Crippen LogP contribution in [0.2, 0.25) is 5.02 Å². The highest BCUT2D eigenvalue weighted by Gasteiger charge is 2.22. The summed E-state index contributed by atoms with van der Waals surface area (Å²) in [6, 6.07) is 13.4. The Labute approximate surface area is 172 Å². The number of nitrogens with one attached hydrogen (secondary N) is 2. The van der Waals surface area contributed by atoms with E-state index < -0.39 is 11.8 Å². The van der Waals surface area contributed by atoms with Crippen molar-refractivity contribution < 1.29 is 19.1 Å². The fourth-order valence-corrected chi connectivity index (χ4v) is 2.87. The molecule has 150 valence electrons. The Hall–Kier alpha value is -3.23. The van der Waals surface area contributed by atoms with E-state index in [2.05, 4.69) is 15.8 Å². The van der Waals surface area contributed by atoms with E-state index in [-0.39, 0.29) is 11.6 Å². The van der Waals surface area contributed by atoms with Crippen LogP contribution in [0.1, 0.15) is 15.9 Å². The van der Waals surface area contributed by atoms with Gasteiger partial charge in [0.05, 0.1) is 30.7 Å². The zero-order valence-electron chi connectivity index (χ0n) is 15.4. The molecule has 1 fully saturated rings. The molecular weight excluding hydrogens is 396 g/mol. The molecule has 8 nitrogen and oxygen atoms in total. The Balaban J connectivity index is 1.63. The third kappa shape index (κ3) is 5.40. The average Bonchev–Trinajstić information content (AvgIpc) is 2.75. The van der Waals surface area contributed by atoms with Crippen molar-refractivity contribution >= 4 is 41.2 Å². The lowest BCUT2D eigenvalue weighted by Crippen LogP contribution is -2.41. The molecule has 1 aliphatic heterocycles. The van der Waals surface area contributed by atoms with Gasteiger partial charge in [-0.05, 0) is 18.2 Å². The van der Waals surface area contributed by atoms with Gasteiger partial charge in [0.15, 0.2) is 0 Å². The minimum atomic E-state index is -0.970. The molecule has 3 amide bonds. The van der Waals surface area contributed by atoms with Crippen LogP contribution in [0.25, 0.3) is 0 Å². The summed E-state index contributed by atoms with van der Waals surface area (Å²) in [6.45, 7) is 1.87. The highest BCUT2D eigenvalue weighted by molar-refractivity contribution is 6.40. The summed E-state index contributed by atoms with van der Waals surface area (Å²) >= 11 is 5.99. The molecule has 0 radical (unpaired) electrons. The summed E-state index contributed by atoms with van der Waals surface area (Å²) in [6.07, 6.45) is 1.34. The molecule has 0 saturated carbocycles. The van der Waals surface area contributed by atoms with Crippen molar-refractivity contribution in [2.45, 2.75) is 0 Å². The third-order valence-electron chi connectivity index (χ3n) is 4.19. The van der Waals surface area contributed by atoms with Gasteiger partial charge in [-0.3, -0.25) is 14.4 Å². The summed E-state index contributed by atoms with van der Waals surface area (Å²) in [5.41, 5.74) is 3.28. The van der Waals surface area contributed by atoms with Gasteiger partial charge in [-0.25, -0.2) is 5.43 Å². The Morgan fingerprint density at radius 2 is 1.69 bits per heavy atom. The normalized spacial score (nSPS) is 13.9. The highest BCUT2D eigenvalue weighted by Crippen LogP contribution is 2.18. The van der Waals surface area contributed by atoms with Gasteiger partial charge < -0.3 is 15.0 Å². The molecule has 1 saturated heterocycles. The SMILES string of the molecule is O=C(NN=Cc1ccccc1Cl)C(=O)Nc1ccccc1C(=O)N1CCOCC1. The smallest absolute Gasteiger partial charge is 0.329 e. The zero-order chi connectivity index (χ0) is 20.6. The maximum Gasteiger partial charge on any atom is 0.329 e. The quantitative estimate of drug-likeness (QED) is 0.453. The standard InChI is InChI=1S/C20H19ClN4O4/c21-16-7-3-1-5-14(16)13-22-24-19(27)18(26)23-17-8-4-2-6-15(17)20(28)25-9-11-29-12-10-25/h1-8,13H,9-12H2,(H,23,26)(H,24,27). The maximum absolute atomic E-state index is 12.7. The fraction of sp³-hybridized carbons (Fsp3) is 0.200. The number of hydrogen-bond acceptors (Lipinski definition) is 5. The van der Waals surface area contributed by atoms with E-state index in [4.69, 9.17) is 16.3 Å². The molecule has 0 aromatic heterocycles. The first-order chi connectivity index (χ1) is 14.1. The van der Waals surface area contributed by atoms with E-state index in [1.165, 1.54) is 6.21 Å². The van der Waals surface area contributed by atoms with Gasteiger partial charge >= 0.3 is 11.8 Å². The summed E-state index contributed by atoms with van der Waals surface area (Å²) < 4.78 is 5.25. The van der Waals surface area contributed by atoms with Crippen molar-refractivity contribution in [3.05, 3.63) is 64.7 Å². The van der Waals surface area contributed by atoms with E-state index in [1.807, 2.05) is 0 Å². The molecule has 0 bridgehead atoms. The molecule has 9 heteroatoms. The van der Waals surface area contributed by atoms with Crippen molar-refractivity contribution in [2.24, 2.45) is 5.10 Å². The summed E-state index contributed by atoms with van der Waals surface area (Å²) in [5, 5.41) is 6.66. The molecule has 2 N–H and O–H groups in total. The molecule has 0 atom stereocenters. The molecule has 1 aliphatic rings. The Morgan fingerprint density at radius 1 is 1.00 bits per heavy atom. The molecule has 2 aromatic rings. The molecule has 0 aliphatic carbocycles. The molecule has 0 spiro atoms. The second-order valence-corrected chi connectivity index (χ2v) is 6.53. The number of carbonyl (C=O) groups excluding carboxylic acids is 3. The van der Waals surface area contributed by atoms with Gasteiger partial charge in [0.2, 0.25) is 0 Å². The van der Waals surface area contributed by atoms with Crippen LogP contribution in [0.5, 0.6) is 0 Å². The van der Waals surface area contributed by atoms with Crippen LogP contribution in [-0.4, -0.2) is 55.1 Å². The first kappa shape index (κ1) is 20.5. The number of anilines is 1. The van der Waals surface area contributed by atoms with Crippen LogP contribution < -0.4 is 10.7 Å². The lowest BCUT2D eigenvalue weighted by molar-refractivity contribution is -0.136. The Morgan fingerprint density at radius 3 is 2.45 bits per heavy atom. The van der Waals surface area contributed by atoms with Crippen molar-refractivity contribution in [1.29, 1.82) is 0 Å². The Bertz CT molecular complexity index is 942. The first-order valence-electron chi connectivity index (χ1n) is 8.91. The maximum atomic E-state index is 12.7. The number of nitrogens with zero attached hydrogens (tertiary/aromatic N) is 2. The third-order valence-corrected chi connectivity index (χ3v) is 4.53. The number of para-hydroxylation sites is 1.